The molecule has 0 bridgehead atoms. The Morgan fingerprint density at radius 2 is 1.31 bits per heavy atom. The Kier molecular flexibility index (Phi) is 5.15. The van der Waals surface area contributed by atoms with Crippen LogP contribution in [0.5, 0.6) is 17.2 Å². The van der Waals surface area contributed by atoms with E-state index < -0.39 is 10.9 Å². The first-order valence-corrected chi connectivity index (χ1v) is 7.89. The van der Waals surface area contributed by atoms with E-state index in [4.69, 9.17) is 21.1 Å². The van der Waals surface area contributed by atoms with E-state index in [0.717, 1.165) is 0 Å². The quantitative estimate of drug-likeness (QED) is 0.265. The Morgan fingerprint density at radius 1 is 0.808 bits per heavy atom. The fourth-order valence-electron chi connectivity index (χ4n) is 2.10. The molecular formula is C19H12ClNO5. The van der Waals surface area contributed by atoms with Crippen LogP contribution in [-0.4, -0.2) is 10.9 Å². The van der Waals surface area contributed by atoms with Crippen molar-refractivity contribution in [2.45, 2.75) is 0 Å². The topological polar surface area (TPSA) is 78.7 Å². The van der Waals surface area contributed by atoms with E-state index in [1.54, 1.807) is 48.5 Å². The molecule has 0 spiro atoms. The normalized spacial score (nSPS) is 10.2. The van der Waals surface area contributed by atoms with Gasteiger partial charge in [-0.3, -0.25) is 10.1 Å². The summed E-state index contributed by atoms with van der Waals surface area (Å²) in [5.74, 6) is 0.828. The van der Waals surface area contributed by atoms with Crippen molar-refractivity contribution in [3.8, 4) is 17.2 Å². The number of nitro benzene ring substituents is 1. The van der Waals surface area contributed by atoms with Gasteiger partial charge in [0.2, 0.25) is 0 Å². The van der Waals surface area contributed by atoms with Gasteiger partial charge in [0.25, 0.3) is 5.69 Å². The third-order valence-electron chi connectivity index (χ3n) is 3.40. The molecule has 6 nitrogen and oxygen atoms in total. The summed E-state index contributed by atoms with van der Waals surface area (Å²) in [6.45, 7) is 0. The van der Waals surface area contributed by atoms with Crippen LogP contribution in [-0.2, 0) is 0 Å². The minimum atomic E-state index is -0.505. The van der Waals surface area contributed by atoms with Gasteiger partial charge in [0.05, 0.1) is 10.5 Å². The van der Waals surface area contributed by atoms with Crippen molar-refractivity contribution < 1.29 is 19.2 Å². The lowest BCUT2D eigenvalue weighted by atomic mass is 10.2. The number of hydrogen-bond acceptors (Lipinski definition) is 5. The first-order chi connectivity index (χ1) is 12.5. The highest BCUT2D eigenvalue weighted by molar-refractivity contribution is 6.30. The number of ether oxygens (including phenoxy) is 2. The molecule has 0 aromatic heterocycles. The second kappa shape index (κ2) is 7.67. The van der Waals surface area contributed by atoms with E-state index in [1.807, 2.05) is 0 Å². The van der Waals surface area contributed by atoms with Gasteiger partial charge in [0.15, 0.2) is 0 Å². The van der Waals surface area contributed by atoms with Crippen LogP contribution in [0.25, 0.3) is 0 Å². The summed E-state index contributed by atoms with van der Waals surface area (Å²) in [7, 11) is 0. The molecule has 130 valence electrons. The van der Waals surface area contributed by atoms with Gasteiger partial charge in [-0.15, -0.1) is 0 Å². The average molecular weight is 370 g/mol. The SMILES string of the molecule is O=C(Oc1ccc(Cl)cc1)c1ccc(Oc2ccc([N+](=O)[O-])cc2)cc1. The lowest BCUT2D eigenvalue weighted by molar-refractivity contribution is -0.384. The zero-order valence-electron chi connectivity index (χ0n) is 13.3. The Bertz CT molecular complexity index is 922. The van der Waals surface area contributed by atoms with Crippen LogP contribution in [0, 0.1) is 10.1 Å². The molecule has 0 unspecified atom stereocenters. The summed E-state index contributed by atoms with van der Waals surface area (Å²) in [6, 6.07) is 18.5. The average Bonchev–Trinajstić information content (AvgIpc) is 2.64. The summed E-state index contributed by atoms with van der Waals surface area (Å²) in [5.41, 5.74) is 0.341. The monoisotopic (exact) mass is 369 g/mol. The molecule has 0 saturated heterocycles. The first-order valence-electron chi connectivity index (χ1n) is 7.51. The van der Waals surface area contributed by atoms with Gasteiger partial charge in [-0.25, -0.2) is 4.79 Å². The summed E-state index contributed by atoms with van der Waals surface area (Å²) in [4.78, 5) is 22.3. The van der Waals surface area contributed by atoms with Crippen LogP contribution in [0.2, 0.25) is 5.02 Å². The lowest BCUT2D eigenvalue weighted by Gasteiger charge is -2.07. The summed E-state index contributed by atoms with van der Waals surface area (Å²) in [5, 5.41) is 11.2. The van der Waals surface area contributed by atoms with Crippen LogP contribution >= 0.6 is 11.6 Å². The molecule has 0 aliphatic rings. The second-order valence-corrected chi connectivity index (χ2v) is 5.66. The number of benzene rings is 3. The molecule has 3 aromatic carbocycles. The predicted molar refractivity (Wildman–Crippen MR) is 96.0 cm³/mol. The number of non-ortho nitro benzene ring substituents is 1. The van der Waals surface area contributed by atoms with Crippen LogP contribution in [0.4, 0.5) is 5.69 Å². The standard InChI is InChI=1S/C19H12ClNO5/c20-14-3-9-18(10-4-14)26-19(22)13-1-7-16(8-2-13)25-17-11-5-15(6-12-17)21(23)24/h1-12H. The molecule has 3 rings (SSSR count). The van der Waals surface area contributed by atoms with Crippen molar-refractivity contribution in [1.29, 1.82) is 0 Å². The summed E-state index contributed by atoms with van der Waals surface area (Å²) >= 11 is 5.79. The van der Waals surface area contributed by atoms with E-state index in [0.29, 0.717) is 27.8 Å². The van der Waals surface area contributed by atoms with Crippen molar-refractivity contribution in [3.63, 3.8) is 0 Å². The van der Waals surface area contributed by atoms with Crippen molar-refractivity contribution in [2.75, 3.05) is 0 Å². The highest BCUT2D eigenvalue weighted by Crippen LogP contribution is 2.24. The van der Waals surface area contributed by atoms with Crippen LogP contribution in [0.1, 0.15) is 10.4 Å². The molecule has 0 saturated carbocycles. The zero-order chi connectivity index (χ0) is 18.5. The fourth-order valence-corrected chi connectivity index (χ4v) is 2.23. The number of nitro groups is 1. The summed E-state index contributed by atoms with van der Waals surface area (Å²) in [6.07, 6.45) is 0. The van der Waals surface area contributed by atoms with Gasteiger partial charge in [0.1, 0.15) is 17.2 Å². The molecule has 0 atom stereocenters. The van der Waals surface area contributed by atoms with Gasteiger partial charge < -0.3 is 9.47 Å². The molecule has 0 aliphatic heterocycles. The van der Waals surface area contributed by atoms with Gasteiger partial charge in [-0.2, -0.15) is 0 Å². The maximum absolute atomic E-state index is 12.1. The number of carbonyl (C=O) groups is 1. The molecule has 0 amide bonds. The van der Waals surface area contributed by atoms with E-state index >= 15 is 0 Å². The number of esters is 1. The molecule has 7 heteroatoms. The highest BCUT2D eigenvalue weighted by Gasteiger charge is 2.10. The van der Waals surface area contributed by atoms with Gasteiger partial charge in [0, 0.05) is 17.2 Å². The molecule has 0 heterocycles. The van der Waals surface area contributed by atoms with Crippen molar-refractivity contribution >= 4 is 23.3 Å². The second-order valence-electron chi connectivity index (χ2n) is 5.22. The zero-order valence-corrected chi connectivity index (χ0v) is 14.1. The molecule has 3 aromatic rings. The van der Waals surface area contributed by atoms with E-state index in [1.165, 1.54) is 24.3 Å². The number of carbonyl (C=O) groups excluding carboxylic acids is 1. The minimum absolute atomic E-state index is 0.0161. The van der Waals surface area contributed by atoms with Crippen molar-refractivity contribution in [3.05, 3.63) is 93.5 Å². The van der Waals surface area contributed by atoms with Crippen molar-refractivity contribution in [1.82, 2.24) is 0 Å². The van der Waals surface area contributed by atoms with Crippen LogP contribution in [0.15, 0.2) is 72.8 Å². The Labute approximate surface area is 153 Å². The number of halogens is 1. The summed E-state index contributed by atoms with van der Waals surface area (Å²) < 4.78 is 10.8. The first kappa shape index (κ1) is 17.4. The van der Waals surface area contributed by atoms with Gasteiger partial charge in [-0.1, -0.05) is 11.6 Å². The maximum Gasteiger partial charge on any atom is 0.343 e. The molecule has 26 heavy (non-hydrogen) atoms. The third-order valence-corrected chi connectivity index (χ3v) is 3.65. The fraction of sp³-hybridized carbons (Fsp3) is 0. The molecule has 0 radical (unpaired) electrons. The van der Waals surface area contributed by atoms with Crippen LogP contribution < -0.4 is 9.47 Å². The largest absolute Gasteiger partial charge is 0.457 e. The van der Waals surface area contributed by atoms with Crippen molar-refractivity contribution in [2.24, 2.45) is 0 Å². The van der Waals surface area contributed by atoms with E-state index in [9.17, 15) is 14.9 Å². The number of nitrogens with zero attached hydrogens (tertiary/aromatic N) is 1. The molecule has 0 aliphatic carbocycles. The van der Waals surface area contributed by atoms with E-state index in [2.05, 4.69) is 0 Å². The van der Waals surface area contributed by atoms with Gasteiger partial charge >= 0.3 is 5.97 Å². The Balaban J connectivity index is 1.64. The smallest absolute Gasteiger partial charge is 0.343 e. The minimum Gasteiger partial charge on any atom is -0.457 e. The van der Waals surface area contributed by atoms with Gasteiger partial charge in [-0.05, 0) is 60.7 Å². The van der Waals surface area contributed by atoms with Crippen LogP contribution in [0.3, 0.4) is 0 Å². The maximum atomic E-state index is 12.1. The molecule has 0 N–H and O–H groups in total. The molecule has 0 fully saturated rings. The number of rotatable bonds is 5. The lowest BCUT2D eigenvalue weighted by Crippen LogP contribution is -2.08. The number of hydrogen-bond donors (Lipinski definition) is 0. The highest BCUT2D eigenvalue weighted by atomic mass is 35.5. The Hall–Kier alpha value is -3.38. The predicted octanol–water partition coefficient (Wildman–Crippen LogP) is 5.26. The third kappa shape index (κ3) is 4.37. The van der Waals surface area contributed by atoms with E-state index in [-0.39, 0.29) is 5.69 Å². The molecular weight excluding hydrogens is 358 g/mol. The Morgan fingerprint density at radius 3 is 1.85 bits per heavy atom.